The van der Waals surface area contributed by atoms with Crippen LogP contribution in [0.1, 0.15) is 33.1 Å². The van der Waals surface area contributed by atoms with Crippen LogP contribution in [0, 0.1) is 0 Å². The van der Waals surface area contributed by atoms with Gasteiger partial charge in [0, 0.05) is 19.5 Å². The summed E-state index contributed by atoms with van der Waals surface area (Å²) in [5, 5.41) is 2.83. The van der Waals surface area contributed by atoms with E-state index < -0.39 is 0 Å². The van der Waals surface area contributed by atoms with Crippen molar-refractivity contribution in [1.82, 2.24) is 10.2 Å². The molecule has 15 heavy (non-hydrogen) atoms. The minimum atomic E-state index is -0.112. The summed E-state index contributed by atoms with van der Waals surface area (Å²) in [4.78, 5) is 25.0. The van der Waals surface area contributed by atoms with E-state index in [0.29, 0.717) is 19.5 Å². The van der Waals surface area contributed by atoms with Crippen molar-refractivity contribution >= 4 is 11.7 Å². The monoisotopic (exact) mass is 212 g/mol. The minimum absolute atomic E-state index is 0.0630. The molecule has 0 spiro atoms. The number of carbonyl (C=O) groups excluding carboxylic acids is 2. The first-order valence-corrected chi connectivity index (χ1v) is 5.72. The standard InChI is InChI=1S/C11H20N2O2/c1-3-5-9(14)8-13-7-6-12-11(15)10(13)4-2/h10H,3-8H2,1-2H3,(H,12,15). The molecule has 4 nitrogen and oxygen atoms in total. The summed E-state index contributed by atoms with van der Waals surface area (Å²) < 4.78 is 0. The van der Waals surface area contributed by atoms with Crippen molar-refractivity contribution < 1.29 is 9.59 Å². The van der Waals surface area contributed by atoms with Crippen molar-refractivity contribution in [2.45, 2.75) is 39.2 Å². The molecule has 1 heterocycles. The van der Waals surface area contributed by atoms with Crippen LogP contribution in [-0.2, 0) is 9.59 Å². The molecule has 1 amide bonds. The predicted molar refractivity (Wildman–Crippen MR) is 58.6 cm³/mol. The van der Waals surface area contributed by atoms with Gasteiger partial charge < -0.3 is 5.32 Å². The molecule has 86 valence electrons. The Bertz CT molecular complexity index is 241. The fourth-order valence-electron chi connectivity index (χ4n) is 1.98. The molecule has 1 unspecified atom stereocenters. The minimum Gasteiger partial charge on any atom is -0.353 e. The molecule has 0 aromatic carbocycles. The molecule has 1 fully saturated rings. The molecule has 0 bridgehead atoms. The van der Waals surface area contributed by atoms with Gasteiger partial charge in [-0.2, -0.15) is 0 Å². The number of amides is 1. The summed E-state index contributed by atoms with van der Waals surface area (Å²) in [6, 6.07) is -0.112. The topological polar surface area (TPSA) is 49.4 Å². The first-order chi connectivity index (χ1) is 7.19. The molecule has 4 heteroatoms. The van der Waals surface area contributed by atoms with Crippen LogP contribution in [0.3, 0.4) is 0 Å². The van der Waals surface area contributed by atoms with Gasteiger partial charge in [-0.05, 0) is 12.8 Å². The molecule has 1 aliphatic heterocycles. The molecule has 0 radical (unpaired) electrons. The van der Waals surface area contributed by atoms with Crippen molar-refractivity contribution in [3.8, 4) is 0 Å². The molecule has 1 saturated heterocycles. The molecule has 1 aliphatic rings. The Balaban J connectivity index is 2.51. The van der Waals surface area contributed by atoms with Gasteiger partial charge in [-0.25, -0.2) is 0 Å². The fraction of sp³-hybridized carbons (Fsp3) is 0.818. The number of carbonyl (C=O) groups is 2. The highest BCUT2D eigenvalue weighted by Crippen LogP contribution is 2.08. The van der Waals surface area contributed by atoms with E-state index in [2.05, 4.69) is 5.32 Å². The van der Waals surface area contributed by atoms with Crippen molar-refractivity contribution in [3.05, 3.63) is 0 Å². The molecular weight excluding hydrogens is 192 g/mol. The van der Waals surface area contributed by atoms with E-state index in [-0.39, 0.29) is 17.7 Å². The van der Waals surface area contributed by atoms with Gasteiger partial charge in [0.05, 0.1) is 12.6 Å². The Morgan fingerprint density at radius 1 is 1.53 bits per heavy atom. The third-order valence-electron chi connectivity index (χ3n) is 2.74. The van der Waals surface area contributed by atoms with E-state index in [1.54, 1.807) is 0 Å². The van der Waals surface area contributed by atoms with E-state index in [0.717, 1.165) is 19.4 Å². The van der Waals surface area contributed by atoms with Gasteiger partial charge in [-0.1, -0.05) is 13.8 Å². The van der Waals surface area contributed by atoms with E-state index in [9.17, 15) is 9.59 Å². The van der Waals surface area contributed by atoms with E-state index in [1.165, 1.54) is 0 Å². The molecular formula is C11H20N2O2. The SMILES string of the molecule is CCCC(=O)CN1CCNC(=O)C1CC. The van der Waals surface area contributed by atoms with Gasteiger partial charge in [0.2, 0.25) is 5.91 Å². The van der Waals surface area contributed by atoms with E-state index in [1.807, 2.05) is 18.7 Å². The third kappa shape index (κ3) is 3.30. The Labute approximate surface area is 91.0 Å². The first kappa shape index (κ1) is 12.2. The molecule has 0 aromatic rings. The highest BCUT2D eigenvalue weighted by Gasteiger charge is 2.28. The normalized spacial score (nSPS) is 22.5. The zero-order chi connectivity index (χ0) is 11.3. The van der Waals surface area contributed by atoms with Gasteiger partial charge in [-0.15, -0.1) is 0 Å². The lowest BCUT2D eigenvalue weighted by molar-refractivity contribution is -0.131. The quantitative estimate of drug-likeness (QED) is 0.724. The van der Waals surface area contributed by atoms with Crippen LogP contribution < -0.4 is 5.32 Å². The Morgan fingerprint density at radius 2 is 2.27 bits per heavy atom. The zero-order valence-corrected chi connectivity index (χ0v) is 9.58. The van der Waals surface area contributed by atoms with Crippen LogP contribution in [-0.4, -0.2) is 42.3 Å². The molecule has 0 aliphatic carbocycles. The van der Waals surface area contributed by atoms with Gasteiger partial charge in [0.25, 0.3) is 0 Å². The number of hydrogen-bond acceptors (Lipinski definition) is 3. The third-order valence-corrected chi connectivity index (χ3v) is 2.74. The van der Waals surface area contributed by atoms with Crippen LogP contribution in [0.25, 0.3) is 0 Å². The number of nitrogens with one attached hydrogen (secondary N) is 1. The molecule has 1 atom stereocenters. The maximum absolute atomic E-state index is 11.5. The fourth-order valence-corrected chi connectivity index (χ4v) is 1.98. The van der Waals surface area contributed by atoms with Crippen LogP contribution in [0.2, 0.25) is 0 Å². The summed E-state index contributed by atoms with van der Waals surface area (Å²) in [7, 11) is 0. The van der Waals surface area contributed by atoms with Gasteiger partial charge in [0.15, 0.2) is 0 Å². The average Bonchev–Trinajstić information content (AvgIpc) is 2.18. The highest BCUT2D eigenvalue weighted by atomic mass is 16.2. The lowest BCUT2D eigenvalue weighted by Crippen LogP contribution is -2.56. The summed E-state index contributed by atoms with van der Waals surface area (Å²) in [5.74, 6) is 0.304. The van der Waals surface area contributed by atoms with Crippen LogP contribution in [0.4, 0.5) is 0 Å². The van der Waals surface area contributed by atoms with Crippen molar-refractivity contribution in [3.63, 3.8) is 0 Å². The second kappa shape index (κ2) is 5.85. The van der Waals surface area contributed by atoms with Crippen molar-refractivity contribution in [1.29, 1.82) is 0 Å². The predicted octanol–water partition coefficient (Wildman–Crippen LogP) is 0.566. The van der Waals surface area contributed by atoms with E-state index in [4.69, 9.17) is 0 Å². The summed E-state index contributed by atoms with van der Waals surface area (Å²) in [5.41, 5.74) is 0. The molecule has 1 rings (SSSR count). The number of hydrogen-bond donors (Lipinski definition) is 1. The molecule has 0 aromatic heterocycles. The van der Waals surface area contributed by atoms with E-state index >= 15 is 0 Å². The highest BCUT2D eigenvalue weighted by molar-refractivity contribution is 5.85. The number of nitrogens with zero attached hydrogens (tertiary/aromatic N) is 1. The maximum Gasteiger partial charge on any atom is 0.237 e. The smallest absolute Gasteiger partial charge is 0.237 e. The second-order valence-corrected chi connectivity index (χ2v) is 3.97. The van der Waals surface area contributed by atoms with Gasteiger partial charge in [0.1, 0.15) is 5.78 Å². The number of piperazine rings is 1. The first-order valence-electron chi connectivity index (χ1n) is 5.72. The summed E-state index contributed by atoms with van der Waals surface area (Å²) >= 11 is 0. The molecule has 1 N–H and O–H groups in total. The van der Waals surface area contributed by atoms with Gasteiger partial charge in [-0.3, -0.25) is 14.5 Å². The van der Waals surface area contributed by atoms with Gasteiger partial charge >= 0.3 is 0 Å². The lowest BCUT2D eigenvalue weighted by Gasteiger charge is -2.33. The zero-order valence-electron chi connectivity index (χ0n) is 9.58. The lowest BCUT2D eigenvalue weighted by atomic mass is 10.1. The number of Topliss-reactive ketones (excluding diaryl/α,β-unsaturated/α-hetero) is 1. The average molecular weight is 212 g/mol. The second-order valence-electron chi connectivity index (χ2n) is 3.97. The Morgan fingerprint density at radius 3 is 2.87 bits per heavy atom. The van der Waals surface area contributed by atoms with Crippen molar-refractivity contribution in [2.24, 2.45) is 0 Å². The Kier molecular flexibility index (Phi) is 4.75. The molecule has 0 saturated carbocycles. The maximum atomic E-state index is 11.5. The van der Waals surface area contributed by atoms with Crippen molar-refractivity contribution in [2.75, 3.05) is 19.6 Å². The van der Waals surface area contributed by atoms with Crippen LogP contribution >= 0.6 is 0 Å². The number of rotatable bonds is 5. The summed E-state index contributed by atoms with van der Waals surface area (Å²) in [6.07, 6.45) is 2.27. The van der Waals surface area contributed by atoms with Crippen LogP contribution in [0.15, 0.2) is 0 Å². The summed E-state index contributed by atoms with van der Waals surface area (Å²) in [6.45, 7) is 5.86. The largest absolute Gasteiger partial charge is 0.353 e. The number of ketones is 1. The van der Waals surface area contributed by atoms with Crippen LogP contribution in [0.5, 0.6) is 0 Å². The Hall–Kier alpha value is -0.900.